The molecular weight excluding hydrogens is 190 g/mol. The van der Waals surface area contributed by atoms with Gasteiger partial charge >= 0.3 is 0 Å². The number of ether oxygens (including phenoxy) is 1. The van der Waals surface area contributed by atoms with Gasteiger partial charge in [-0.3, -0.25) is 0 Å². The van der Waals surface area contributed by atoms with Crippen molar-refractivity contribution in [2.45, 2.75) is 6.04 Å². The molecule has 1 unspecified atom stereocenters. The molecule has 0 saturated carbocycles. The zero-order valence-corrected chi connectivity index (χ0v) is 7.76. The van der Waals surface area contributed by atoms with Crippen molar-refractivity contribution in [3.63, 3.8) is 0 Å². The van der Waals surface area contributed by atoms with Crippen LogP contribution < -0.4 is 16.2 Å². The fourth-order valence-electron chi connectivity index (χ4n) is 1.08. The van der Waals surface area contributed by atoms with Gasteiger partial charge in [-0.25, -0.2) is 4.39 Å². The molecular formula is C9H12F2N2O. The Morgan fingerprint density at radius 2 is 2.07 bits per heavy atom. The Morgan fingerprint density at radius 3 is 2.57 bits per heavy atom. The van der Waals surface area contributed by atoms with Gasteiger partial charge < -0.3 is 16.2 Å². The summed E-state index contributed by atoms with van der Waals surface area (Å²) in [6, 6.07) is 1.85. The lowest BCUT2D eigenvalue weighted by Crippen LogP contribution is -2.21. The zero-order valence-electron chi connectivity index (χ0n) is 7.76. The van der Waals surface area contributed by atoms with E-state index < -0.39 is 17.7 Å². The third kappa shape index (κ3) is 2.00. The summed E-state index contributed by atoms with van der Waals surface area (Å²) in [6.45, 7) is 0.161. The fraction of sp³-hybridized carbons (Fsp3) is 0.333. The third-order valence-corrected chi connectivity index (χ3v) is 1.92. The second kappa shape index (κ2) is 4.34. The van der Waals surface area contributed by atoms with Crippen LogP contribution in [0.2, 0.25) is 0 Å². The monoisotopic (exact) mass is 202 g/mol. The summed E-state index contributed by atoms with van der Waals surface area (Å²) in [5.41, 5.74) is 11.3. The van der Waals surface area contributed by atoms with Crippen molar-refractivity contribution in [1.82, 2.24) is 0 Å². The van der Waals surface area contributed by atoms with Crippen LogP contribution in [0.3, 0.4) is 0 Å². The van der Waals surface area contributed by atoms with Crippen LogP contribution in [0.5, 0.6) is 5.75 Å². The average molecular weight is 202 g/mol. The van der Waals surface area contributed by atoms with Gasteiger partial charge in [-0.05, 0) is 17.7 Å². The highest BCUT2D eigenvalue weighted by atomic mass is 19.2. The van der Waals surface area contributed by atoms with E-state index in [1.165, 1.54) is 13.2 Å². The first-order valence-electron chi connectivity index (χ1n) is 4.08. The van der Waals surface area contributed by atoms with E-state index in [0.29, 0.717) is 5.56 Å². The van der Waals surface area contributed by atoms with Crippen molar-refractivity contribution >= 4 is 0 Å². The molecule has 4 N–H and O–H groups in total. The summed E-state index contributed by atoms with van der Waals surface area (Å²) in [6.07, 6.45) is 0. The molecule has 0 saturated heterocycles. The molecule has 1 rings (SSSR count). The Balaban J connectivity index is 3.16. The molecule has 0 amide bonds. The Kier molecular flexibility index (Phi) is 3.38. The SMILES string of the molecule is COc1cc(C(N)CN)cc(F)c1F. The maximum atomic E-state index is 13.0. The first-order valence-corrected chi connectivity index (χ1v) is 4.08. The van der Waals surface area contributed by atoms with Crippen molar-refractivity contribution in [3.8, 4) is 5.75 Å². The fourth-order valence-corrected chi connectivity index (χ4v) is 1.08. The first-order chi connectivity index (χ1) is 6.60. The number of benzene rings is 1. The lowest BCUT2D eigenvalue weighted by molar-refractivity contribution is 0.370. The van der Waals surface area contributed by atoms with Crippen LogP contribution in [-0.4, -0.2) is 13.7 Å². The highest BCUT2D eigenvalue weighted by Gasteiger charge is 2.14. The van der Waals surface area contributed by atoms with Crippen LogP contribution in [0, 0.1) is 11.6 Å². The predicted octanol–water partition coefficient (Wildman–Crippen LogP) is 0.932. The molecule has 0 aliphatic heterocycles. The van der Waals surface area contributed by atoms with E-state index >= 15 is 0 Å². The summed E-state index contributed by atoms with van der Waals surface area (Å²) < 4.78 is 30.6. The van der Waals surface area contributed by atoms with Crippen molar-refractivity contribution in [1.29, 1.82) is 0 Å². The molecule has 78 valence electrons. The van der Waals surface area contributed by atoms with Gasteiger partial charge in [0, 0.05) is 12.6 Å². The lowest BCUT2D eigenvalue weighted by atomic mass is 10.1. The van der Waals surface area contributed by atoms with Crippen LogP contribution >= 0.6 is 0 Å². The van der Waals surface area contributed by atoms with Crippen LogP contribution in [0.25, 0.3) is 0 Å². The van der Waals surface area contributed by atoms with Crippen molar-refractivity contribution in [2.75, 3.05) is 13.7 Å². The Morgan fingerprint density at radius 1 is 1.43 bits per heavy atom. The number of rotatable bonds is 3. The molecule has 0 bridgehead atoms. The van der Waals surface area contributed by atoms with Gasteiger partial charge in [0.1, 0.15) is 0 Å². The molecule has 1 aromatic rings. The topological polar surface area (TPSA) is 61.3 Å². The highest BCUT2D eigenvalue weighted by Crippen LogP contribution is 2.24. The van der Waals surface area contributed by atoms with E-state index in [9.17, 15) is 8.78 Å². The summed E-state index contributed by atoms with van der Waals surface area (Å²) in [4.78, 5) is 0. The van der Waals surface area contributed by atoms with Crippen molar-refractivity contribution in [3.05, 3.63) is 29.3 Å². The first kappa shape index (κ1) is 10.9. The maximum Gasteiger partial charge on any atom is 0.200 e. The van der Waals surface area contributed by atoms with E-state index in [4.69, 9.17) is 11.5 Å². The van der Waals surface area contributed by atoms with Gasteiger partial charge in [-0.1, -0.05) is 0 Å². The molecule has 5 heteroatoms. The number of hydrogen-bond acceptors (Lipinski definition) is 3. The van der Waals surface area contributed by atoms with E-state index in [0.717, 1.165) is 6.07 Å². The van der Waals surface area contributed by atoms with Crippen molar-refractivity contribution in [2.24, 2.45) is 11.5 Å². The molecule has 14 heavy (non-hydrogen) atoms. The number of methoxy groups -OCH3 is 1. The number of hydrogen-bond donors (Lipinski definition) is 2. The standard InChI is InChI=1S/C9H12F2N2O/c1-14-8-3-5(7(13)4-12)2-6(10)9(8)11/h2-3,7H,4,12-13H2,1H3. The average Bonchev–Trinajstić information content (AvgIpc) is 2.20. The molecule has 1 aromatic carbocycles. The summed E-state index contributed by atoms with van der Waals surface area (Å²) in [7, 11) is 1.26. The normalized spacial score (nSPS) is 12.6. The molecule has 0 radical (unpaired) electrons. The lowest BCUT2D eigenvalue weighted by Gasteiger charge is -2.11. The summed E-state index contributed by atoms with van der Waals surface area (Å²) >= 11 is 0. The molecule has 0 aliphatic rings. The quantitative estimate of drug-likeness (QED) is 0.766. The van der Waals surface area contributed by atoms with Crippen LogP contribution in [0.15, 0.2) is 12.1 Å². The van der Waals surface area contributed by atoms with Gasteiger partial charge in [0.25, 0.3) is 0 Å². The van der Waals surface area contributed by atoms with Gasteiger partial charge in [0.2, 0.25) is 5.82 Å². The van der Waals surface area contributed by atoms with Gasteiger partial charge in [-0.15, -0.1) is 0 Å². The smallest absolute Gasteiger partial charge is 0.200 e. The molecule has 0 heterocycles. The zero-order chi connectivity index (χ0) is 10.7. The minimum Gasteiger partial charge on any atom is -0.494 e. The highest BCUT2D eigenvalue weighted by molar-refractivity contribution is 5.33. The van der Waals surface area contributed by atoms with Gasteiger partial charge in [0.15, 0.2) is 11.6 Å². The van der Waals surface area contributed by atoms with Crippen LogP contribution in [-0.2, 0) is 0 Å². The van der Waals surface area contributed by atoms with Gasteiger partial charge in [-0.2, -0.15) is 4.39 Å². The second-order valence-corrected chi connectivity index (χ2v) is 2.86. The van der Waals surface area contributed by atoms with E-state index in [-0.39, 0.29) is 12.3 Å². The molecule has 3 nitrogen and oxygen atoms in total. The van der Waals surface area contributed by atoms with E-state index in [2.05, 4.69) is 4.74 Å². The molecule has 0 aromatic heterocycles. The Labute approximate surface area is 80.7 Å². The maximum absolute atomic E-state index is 13.0. The Bertz CT molecular complexity index is 331. The summed E-state index contributed by atoms with van der Waals surface area (Å²) in [5.74, 6) is -2.16. The largest absolute Gasteiger partial charge is 0.494 e. The molecule has 0 aliphatic carbocycles. The van der Waals surface area contributed by atoms with Gasteiger partial charge in [0.05, 0.1) is 7.11 Å². The second-order valence-electron chi connectivity index (χ2n) is 2.86. The predicted molar refractivity (Wildman–Crippen MR) is 48.9 cm³/mol. The minimum atomic E-state index is -1.01. The van der Waals surface area contributed by atoms with Crippen LogP contribution in [0.1, 0.15) is 11.6 Å². The van der Waals surface area contributed by atoms with E-state index in [1.807, 2.05) is 0 Å². The van der Waals surface area contributed by atoms with E-state index in [1.54, 1.807) is 0 Å². The Hall–Kier alpha value is -1.20. The number of nitrogens with two attached hydrogens (primary N) is 2. The molecule has 0 spiro atoms. The third-order valence-electron chi connectivity index (χ3n) is 1.92. The van der Waals surface area contributed by atoms with Crippen molar-refractivity contribution < 1.29 is 13.5 Å². The minimum absolute atomic E-state index is 0.161. The summed E-state index contributed by atoms with van der Waals surface area (Å²) in [5, 5.41) is 0. The molecule has 1 atom stereocenters. The number of halogens is 2. The van der Waals surface area contributed by atoms with Crippen LogP contribution in [0.4, 0.5) is 8.78 Å². The molecule has 0 fully saturated rings.